The van der Waals surface area contributed by atoms with Crippen LogP contribution in [0.4, 0.5) is 13.2 Å². The summed E-state index contributed by atoms with van der Waals surface area (Å²) in [5.41, 5.74) is -4.44. The maximum absolute atomic E-state index is 12.7. The van der Waals surface area contributed by atoms with E-state index in [0.717, 1.165) is 31.3 Å². The van der Waals surface area contributed by atoms with Crippen LogP contribution in [0.2, 0.25) is 18.1 Å². The zero-order chi connectivity index (χ0) is 26.5. The van der Waals surface area contributed by atoms with E-state index in [1.54, 1.807) is 6.92 Å². The summed E-state index contributed by atoms with van der Waals surface area (Å²) >= 11 is 0. The fourth-order valence-electron chi connectivity index (χ4n) is 3.63. The van der Waals surface area contributed by atoms with Crippen LogP contribution < -0.4 is 0 Å². The van der Waals surface area contributed by atoms with Crippen molar-refractivity contribution in [3.05, 3.63) is 24.5 Å². The molecule has 1 saturated heterocycles. The molecule has 0 spiro atoms. The Kier molecular flexibility index (Phi) is 10.9. The second-order valence-corrected chi connectivity index (χ2v) is 17.2. The number of ether oxygens (including phenoxy) is 1. The fourth-order valence-corrected chi connectivity index (χ4v) is 5.57. The minimum absolute atomic E-state index is 0.0691. The first-order chi connectivity index (χ1) is 15.3. The standard InChI is InChI=1S/C24H43F3O5SSi/c1-10-11-12-20-16-18(3)22(30-20)14-13-21(32-34(8,9)23(5,6)7)15-17(2)19(4)31-33(28,29)24(25,26)27/h17,20-22H,3-4,10-16H2,1-2,5-9H3/t17-,20?,21+,22+/m1/s1. The van der Waals surface area contributed by atoms with Gasteiger partial charge in [0, 0.05) is 12.0 Å². The second-order valence-electron chi connectivity index (χ2n) is 10.9. The van der Waals surface area contributed by atoms with Crippen LogP contribution in [0, 0.1) is 5.92 Å². The Bertz CT molecular complexity index is 802. The summed E-state index contributed by atoms with van der Waals surface area (Å²) < 4.78 is 78.0. The second kappa shape index (κ2) is 11.9. The first-order valence-corrected chi connectivity index (χ1v) is 16.3. The highest BCUT2D eigenvalue weighted by Crippen LogP contribution is 2.40. The molecule has 0 amide bonds. The van der Waals surface area contributed by atoms with E-state index in [1.165, 1.54) is 0 Å². The Labute approximate surface area is 205 Å². The van der Waals surface area contributed by atoms with Crippen molar-refractivity contribution < 1.29 is 34.9 Å². The van der Waals surface area contributed by atoms with Crippen LogP contribution in [0.25, 0.3) is 0 Å². The molecule has 0 aromatic heterocycles. The van der Waals surface area contributed by atoms with Crippen molar-refractivity contribution in [2.45, 2.75) is 122 Å². The molecule has 1 fully saturated rings. The number of halogens is 3. The molecule has 34 heavy (non-hydrogen) atoms. The van der Waals surface area contributed by atoms with E-state index >= 15 is 0 Å². The molecule has 4 atom stereocenters. The van der Waals surface area contributed by atoms with Crippen LogP contribution >= 0.6 is 0 Å². The first kappa shape index (κ1) is 31.2. The Hall–Kier alpha value is -0.843. The molecular formula is C24H43F3O5SSi. The van der Waals surface area contributed by atoms with Gasteiger partial charge >= 0.3 is 15.6 Å². The van der Waals surface area contributed by atoms with Crippen molar-refractivity contribution in [3.63, 3.8) is 0 Å². The van der Waals surface area contributed by atoms with Gasteiger partial charge in [0.25, 0.3) is 0 Å². The van der Waals surface area contributed by atoms with Gasteiger partial charge in [-0.1, -0.05) is 60.6 Å². The summed E-state index contributed by atoms with van der Waals surface area (Å²) in [5, 5.41) is -0.0691. The van der Waals surface area contributed by atoms with Gasteiger partial charge in [-0.2, -0.15) is 21.6 Å². The Morgan fingerprint density at radius 2 is 1.82 bits per heavy atom. The number of hydrogen-bond acceptors (Lipinski definition) is 5. The molecule has 1 aliphatic rings. The number of alkyl halides is 3. The van der Waals surface area contributed by atoms with E-state index in [9.17, 15) is 21.6 Å². The van der Waals surface area contributed by atoms with Crippen molar-refractivity contribution in [2.75, 3.05) is 0 Å². The van der Waals surface area contributed by atoms with Crippen LogP contribution in [-0.4, -0.2) is 40.6 Å². The maximum Gasteiger partial charge on any atom is 0.534 e. The molecule has 5 nitrogen and oxygen atoms in total. The van der Waals surface area contributed by atoms with E-state index in [1.807, 2.05) is 0 Å². The normalized spacial score (nSPS) is 22.0. The van der Waals surface area contributed by atoms with Gasteiger partial charge in [0.15, 0.2) is 8.32 Å². The number of hydrogen-bond donors (Lipinski definition) is 0. The molecule has 0 aliphatic carbocycles. The molecule has 1 aliphatic heterocycles. The van der Waals surface area contributed by atoms with Gasteiger partial charge in [-0.15, -0.1) is 0 Å². The van der Waals surface area contributed by atoms with Gasteiger partial charge in [-0.05, 0) is 55.8 Å². The summed E-state index contributed by atoms with van der Waals surface area (Å²) in [6, 6.07) is 0. The van der Waals surface area contributed by atoms with Crippen LogP contribution in [0.5, 0.6) is 0 Å². The zero-order valence-corrected chi connectivity index (χ0v) is 23.6. The first-order valence-electron chi connectivity index (χ1n) is 12.0. The molecule has 1 heterocycles. The predicted octanol–water partition coefficient (Wildman–Crippen LogP) is 7.47. The summed E-state index contributed by atoms with van der Waals surface area (Å²) in [5.74, 6) is -1.10. The van der Waals surface area contributed by atoms with E-state index in [0.29, 0.717) is 12.8 Å². The average molecular weight is 529 g/mol. The number of allylic oxidation sites excluding steroid dienone is 1. The maximum atomic E-state index is 12.7. The third-order valence-electron chi connectivity index (χ3n) is 6.87. The van der Waals surface area contributed by atoms with E-state index < -0.39 is 35.6 Å². The van der Waals surface area contributed by atoms with Gasteiger partial charge in [-0.3, -0.25) is 0 Å². The van der Waals surface area contributed by atoms with E-state index in [-0.39, 0.29) is 29.8 Å². The van der Waals surface area contributed by atoms with Crippen LogP contribution in [0.15, 0.2) is 24.5 Å². The lowest BCUT2D eigenvalue weighted by Crippen LogP contribution is -2.44. The lowest BCUT2D eigenvalue weighted by Gasteiger charge is -2.40. The summed E-state index contributed by atoms with van der Waals surface area (Å²) in [4.78, 5) is 0. The SMILES string of the molecule is C=C(OS(=O)(=O)C(F)(F)F)[C@H](C)C[C@H](CC[C@@H]1OC(CCCC)CC1=C)O[Si](C)(C)C(C)(C)C. The minimum atomic E-state index is -5.75. The third kappa shape index (κ3) is 8.99. The van der Waals surface area contributed by atoms with Crippen LogP contribution in [0.1, 0.15) is 79.6 Å². The third-order valence-corrected chi connectivity index (χ3v) is 12.4. The minimum Gasteiger partial charge on any atom is -0.414 e. The molecule has 0 bridgehead atoms. The molecule has 0 aromatic carbocycles. The quantitative estimate of drug-likeness (QED) is 0.0816. The Balaban J connectivity index is 2.91. The monoisotopic (exact) mass is 528 g/mol. The summed E-state index contributed by atoms with van der Waals surface area (Å²) in [6.07, 6.45) is 5.42. The highest BCUT2D eigenvalue weighted by atomic mass is 32.2. The molecule has 0 saturated carbocycles. The lowest BCUT2D eigenvalue weighted by molar-refractivity contribution is -0.0527. The number of unbranched alkanes of at least 4 members (excludes halogenated alkanes) is 1. The molecule has 10 heteroatoms. The summed E-state index contributed by atoms with van der Waals surface area (Å²) in [6.45, 7) is 21.9. The van der Waals surface area contributed by atoms with Gasteiger partial charge < -0.3 is 13.3 Å². The van der Waals surface area contributed by atoms with Gasteiger partial charge in [0.1, 0.15) is 5.76 Å². The van der Waals surface area contributed by atoms with E-state index in [4.69, 9.17) is 9.16 Å². The molecule has 1 unspecified atom stereocenters. The highest BCUT2D eigenvalue weighted by molar-refractivity contribution is 7.87. The predicted molar refractivity (Wildman–Crippen MR) is 132 cm³/mol. The molecule has 0 radical (unpaired) electrons. The van der Waals surface area contributed by atoms with Gasteiger partial charge in [0.2, 0.25) is 0 Å². The molecular weight excluding hydrogens is 485 g/mol. The van der Waals surface area contributed by atoms with Gasteiger partial charge in [0.05, 0.1) is 12.2 Å². The smallest absolute Gasteiger partial charge is 0.414 e. The zero-order valence-electron chi connectivity index (χ0n) is 21.8. The molecule has 0 N–H and O–H groups in total. The molecule has 0 aromatic rings. The van der Waals surface area contributed by atoms with Crippen molar-refractivity contribution in [2.24, 2.45) is 5.92 Å². The van der Waals surface area contributed by atoms with E-state index in [2.05, 4.69) is 58.1 Å². The Morgan fingerprint density at radius 3 is 2.32 bits per heavy atom. The van der Waals surface area contributed by atoms with Crippen molar-refractivity contribution in [3.8, 4) is 0 Å². The Morgan fingerprint density at radius 1 is 1.24 bits per heavy atom. The number of rotatable bonds is 13. The molecule has 1 rings (SSSR count). The molecule has 200 valence electrons. The van der Waals surface area contributed by atoms with Crippen molar-refractivity contribution >= 4 is 18.4 Å². The summed E-state index contributed by atoms with van der Waals surface area (Å²) in [7, 11) is -7.95. The van der Waals surface area contributed by atoms with Crippen LogP contribution in [0.3, 0.4) is 0 Å². The average Bonchev–Trinajstić information content (AvgIpc) is 3.01. The van der Waals surface area contributed by atoms with Gasteiger partial charge in [-0.25, -0.2) is 0 Å². The van der Waals surface area contributed by atoms with Crippen LogP contribution in [-0.2, 0) is 23.5 Å². The highest BCUT2D eigenvalue weighted by Gasteiger charge is 2.49. The lowest BCUT2D eigenvalue weighted by atomic mass is 9.96. The fraction of sp³-hybridized carbons (Fsp3) is 0.833. The van der Waals surface area contributed by atoms with Crippen molar-refractivity contribution in [1.82, 2.24) is 0 Å². The topological polar surface area (TPSA) is 61.8 Å². The van der Waals surface area contributed by atoms with Crippen molar-refractivity contribution in [1.29, 1.82) is 0 Å². The largest absolute Gasteiger partial charge is 0.534 e.